The highest BCUT2D eigenvalue weighted by Crippen LogP contribution is 2.40. The Bertz CT molecular complexity index is 1160. The highest BCUT2D eigenvalue weighted by atomic mass is 19.1. The summed E-state index contributed by atoms with van der Waals surface area (Å²) in [5.41, 5.74) is 3.74. The summed E-state index contributed by atoms with van der Waals surface area (Å²) in [5, 5.41) is 3.63. The van der Waals surface area contributed by atoms with E-state index in [9.17, 15) is 9.18 Å². The van der Waals surface area contributed by atoms with Gasteiger partial charge < -0.3 is 15.0 Å². The van der Waals surface area contributed by atoms with Crippen LogP contribution in [0.1, 0.15) is 44.0 Å². The average Bonchev–Trinajstić information content (AvgIpc) is 3.55. The van der Waals surface area contributed by atoms with Gasteiger partial charge in [0.25, 0.3) is 0 Å². The molecule has 1 aromatic heterocycles. The monoisotopic (exact) mass is 507 g/mol. The van der Waals surface area contributed by atoms with E-state index < -0.39 is 0 Å². The van der Waals surface area contributed by atoms with E-state index in [0.29, 0.717) is 43.7 Å². The van der Waals surface area contributed by atoms with Crippen LogP contribution in [-0.2, 0) is 21.4 Å². The Morgan fingerprint density at radius 1 is 1.19 bits per heavy atom. The molecule has 4 aliphatic heterocycles. The fourth-order valence-electron chi connectivity index (χ4n) is 6.57. The largest absolute Gasteiger partial charge is 0.375 e. The number of aromatic nitrogens is 1. The lowest BCUT2D eigenvalue weighted by Crippen LogP contribution is -2.61. The van der Waals surface area contributed by atoms with Crippen molar-refractivity contribution in [1.82, 2.24) is 20.1 Å². The van der Waals surface area contributed by atoms with Crippen molar-refractivity contribution in [2.75, 3.05) is 50.8 Å². The molecule has 4 atom stereocenters. The van der Waals surface area contributed by atoms with Gasteiger partial charge in [-0.05, 0) is 49.1 Å². The quantitative estimate of drug-likeness (QED) is 0.649. The first-order chi connectivity index (χ1) is 17.7. The second-order valence-corrected chi connectivity index (χ2v) is 12.1. The standard InChI is InChI=1S/C29H38FN5O2/c1-19-13-33(24(12-31-19)14-34-15-25-10-23(34)17-37-25)16-27(36)35-18-29(2,3)28-26(35)9-21(11-32-28)8-20-4-6-22(30)7-5-20/h4-7,9,11,19,23-25,31H,8,10,12-18H2,1-3H3/t19-,23+,24-,25+/m1/s1. The summed E-state index contributed by atoms with van der Waals surface area (Å²) in [5.74, 6) is -0.0987. The minimum absolute atomic E-state index is 0.137. The Morgan fingerprint density at radius 2 is 2.00 bits per heavy atom. The Hall–Kier alpha value is -2.39. The number of pyridine rings is 1. The highest BCUT2D eigenvalue weighted by molar-refractivity contribution is 5.97. The number of piperazine rings is 1. The van der Waals surface area contributed by atoms with Crippen LogP contribution in [-0.4, -0.2) is 90.8 Å². The molecular weight excluding hydrogens is 469 g/mol. The molecule has 6 rings (SSSR count). The molecule has 1 amide bonds. The van der Waals surface area contributed by atoms with Gasteiger partial charge in [-0.3, -0.25) is 19.6 Å². The molecule has 0 aliphatic carbocycles. The first kappa shape index (κ1) is 24.9. The summed E-state index contributed by atoms with van der Waals surface area (Å²) in [7, 11) is 0. The van der Waals surface area contributed by atoms with Crippen LogP contribution in [0.3, 0.4) is 0 Å². The van der Waals surface area contributed by atoms with Gasteiger partial charge in [0, 0.05) is 62.5 Å². The van der Waals surface area contributed by atoms with E-state index in [-0.39, 0.29) is 17.1 Å². The normalized spacial score (nSPS) is 29.1. The summed E-state index contributed by atoms with van der Waals surface area (Å²) in [6.45, 7) is 12.1. The predicted octanol–water partition coefficient (Wildman–Crippen LogP) is 2.57. The fourth-order valence-corrected chi connectivity index (χ4v) is 6.57. The van der Waals surface area contributed by atoms with Gasteiger partial charge in [0.2, 0.25) is 5.91 Å². The molecule has 2 aromatic rings. The first-order valence-corrected chi connectivity index (χ1v) is 13.6. The molecule has 3 saturated heterocycles. The van der Waals surface area contributed by atoms with E-state index in [4.69, 9.17) is 9.72 Å². The number of amides is 1. The molecule has 7 nitrogen and oxygen atoms in total. The molecule has 198 valence electrons. The van der Waals surface area contributed by atoms with Crippen LogP contribution in [0.2, 0.25) is 0 Å². The molecule has 0 unspecified atom stereocenters. The number of halogens is 1. The Labute approximate surface area is 219 Å². The number of hydrogen-bond donors (Lipinski definition) is 1. The second-order valence-electron chi connectivity index (χ2n) is 12.1. The first-order valence-electron chi connectivity index (χ1n) is 13.6. The lowest BCUT2D eigenvalue weighted by molar-refractivity contribution is -0.121. The molecule has 2 bridgehead atoms. The smallest absolute Gasteiger partial charge is 0.241 e. The molecular formula is C29H38FN5O2. The number of likely N-dealkylation sites (tertiary alicyclic amines) is 1. The van der Waals surface area contributed by atoms with Gasteiger partial charge in [0.1, 0.15) is 5.82 Å². The number of fused-ring (bicyclic) bond motifs is 3. The number of anilines is 1. The van der Waals surface area contributed by atoms with Crippen molar-refractivity contribution >= 4 is 11.6 Å². The Kier molecular flexibility index (Phi) is 6.55. The topological polar surface area (TPSA) is 60.9 Å². The number of hydrogen-bond acceptors (Lipinski definition) is 6. The summed E-state index contributed by atoms with van der Waals surface area (Å²) >= 11 is 0. The maximum atomic E-state index is 13.8. The van der Waals surface area contributed by atoms with Gasteiger partial charge in [-0.25, -0.2) is 4.39 Å². The van der Waals surface area contributed by atoms with Crippen LogP contribution in [0.4, 0.5) is 10.1 Å². The van der Waals surface area contributed by atoms with Crippen LogP contribution >= 0.6 is 0 Å². The zero-order valence-electron chi connectivity index (χ0n) is 22.1. The Morgan fingerprint density at radius 3 is 2.73 bits per heavy atom. The molecule has 0 spiro atoms. The third-order valence-corrected chi connectivity index (χ3v) is 8.56. The van der Waals surface area contributed by atoms with E-state index >= 15 is 0 Å². The van der Waals surface area contributed by atoms with Crippen LogP contribution in [0.15, 0.2) is 36.5 Å². The maximum absolute atomic E-state index is 13.8. The third-order valence-electron chi connectivity index (χ3n) is 8.56. The minimum Gasteiger partial charge on any atom is -0.375 e. The van der Waals surface area contributed by atoms with Crippen LogP contribution < -0.4 is 10.2 Å². The van der Waals surface area contributed by atoms with Crippen molar-refractivity contribution in [3.05, 3.63) is 59.2 Å². The summed E-state index contributed by atoms with van der Waals surface area (Å²) in [6.07, 6.45) is 4.08. The van der Waals surface area contributed by atoms with Gasteiger partial charge in [-0.2, -0.15) is 0 Å². The van der Waals surface area contributed by atoms with Gasteiger partial charge >= 0.3 is 0 Å². The number of nitrogens with one attached hydrogen (secondary N) is 1. The lowest BCUT2D eigenvalue weighted by Gasteiger charge is -2.42. The van der Waals surface area contributed by atoms with Gasteiger partial charge in [-0.15, -0.1) is 0 Å². The van der Waals surface area contributed by atoms with Crippen molar-refractivity contribution in [3.8, 4) is 0 Å². The van der Waals surface area contributed by atoms with E-state index in [1.54, 1.807) is 12.1 Å². The van der Waals surface area contributed by atoms with Crippen molar-refractivity contribution < 1.29 is 13.9 Å². The number of carbonyl (C=O) groups is 1. The molecule has 0 radical (unpaired) electrons. The van der Waals surface area contributed by atoms with E-state index in [0.717, 1.165) is 61.7 Å². The predicted molar refractivity (Wildman–Crippen MR) is 141 cm³/mol. The van der Waals surface area contributed by atoms with Crippen molar-refractivity contribution in [2.45, 2.75) is 63.3 Å². The fraction of sp³-hybridized carbons (Fsp3) is 0.586. The van der Waals surface area contributed by atoms with Crippen molar-refractivity contribution in [1.29, 1.82) is 0 Å². The van der Waals surface area contributed by atoms with E-state index in [2.05, 4.69) is 42.0 Å². The second kappa shape index (κ2) is 9.73. The molecule has 1 aromatic carbocycles. The number of nitrogens with zero attached hydrogens (tertiary/aromatic N) is 4. The third kappa shape index (κ3) is 5.04. The molecule has 8 heteroatoms. The molecule has 4 aliphatic rings. The van der Waals surface area contributed by atoms with Crippen LogP contribution in [0.25, 0.3) is 0 Å². The highest BCUT2D eigenvalue weighted by Gasteiger charge is 2.43. The van der Waals surface area contributed by atoms with Crippen molar-refractivity contribution in [3.63, 3.8) is 0 Å². The average molecular weight is 508 g/mol. The van der Waals surface area contributed by atoms with Crippen molar-refractivity contribution in [2.24, 2.45) is 0 Å². The minimum atomic E-state index is -0.236. The van der Waals surface area contributed by atoms with Gasteiger partial charge in [0.05, 0.1) is 30.6 Å². The molecule has 1 N–H and O–H groups in total. The van der Waals surface area contributed by atoms with E-state index in [1.807, 2.05) is 11.1 Å². The SMILES string of the molecule is C[C@@H]1CN(CC(=O)N2CC(C)(C)c3ncc(Cc4ccc(F)cc4)cc32)[C@@H](CN2C[C@@H]3C[C@H]2CO3)CN1. The number of carbonyl (C=O) groups excluding carboxylic acids is 1. The van der Waals surface area contributed by atoms with Crippen LogP contribution in [0, 0.1) is 5.82 Å². The number of benzene rings is 1. The number of rotatable bonds is 6. The molecule has 0 saturated carbocycles. The van der Waals surface area contributed by atoms with E-state index in [1.165, 1.54) is 12.1 Å². The Balaban J connectivity index is 1.19. The van der Waals surface area contributed by atoms with Crippen LogP contribution in [0.5, 0.6) is 0 Å². The van der Waals surface area contributed by atoms with Gasteiger partial charge in [-0.1, -0.05) is 26.0 Å². The molecule has 3 fully saturated rings. The zero-order chi connectivity index (χ0) is 25.7. The molecule has 37 heavy (non-hydrogen) atoms. The summed E-state index contributed by atoms with van der Waals surface area (Å²) in [6, 6.07) is 9.88. The number of ether oxygens (including phenoxy) is 1. The van der Waals surface area contributed by atoms with Gasteiger partial charge in [0.15, 0.2) is 0 Å². The maximum Gasteiger partial charge on any atom is 0.241 e. The lowest BCUT2D eigenvalue weighted by atomic mass is 9.91. The number of morpholine rings is 1. The zero-order valence-corrected chi connectivity index (χ0v) is 22.1. The molecule has 5 heterocycles. The summed E-state index contributed by atoms with van der Waals surface area (Å²) in [4.78, 5) is 25.6. The summed E-state index contributed by atoms with van der Waals surface area (Å²) < 4.78 is 19.2.